The summed E-state index contributed by atoms with van der Waals surface area (Å²) in [7, 11) is 0. The molecular formula is C17H18N2O3. The van der Waals surface area contributed by atoms with E-state index >= 15 is 0 Å². The molecule has 22 heavy (non-hydrogen) atoms. The fraction of sp³-hybridized carbons (Fsp3) is 0.176. The van der Waals surface area contributed by atoms with Crippen LogP contribution in [-0.2, 0) is 9.59 Å². The lowest BCUT2D eigenvalue weighted by atomic mass is 10.1. The fourth-order valence-electron chi connectivity index (χ4n) is 1.95. The van der Waals surface area contributed by atoms with E-state index in [1.54, 1.807) is 24.3 Å². The van der Waals surface area contributed by atoms with Crippen LogP contribution in [0.5, 0.6) is 0 Å². The molecule has 3 N–H and O–H groups in total. The number of hydrogen-bond donors (Lipinski definition) is 3. The van der Waals surface area contributed by atoms with Crippen LogP contribution in [-0.4, -0.2) is 23.5 Å². The number of carbonyl (C=O) groups excluding carboxylic acids is 2. The van der Waals surface area contributed by atoms with Crippen molar-refractivity contribution in [3.63, 3.8) is 0 Å². The van der Waals surface area contributed by atoms with Crippen molar-refractivity contribution in [2.45, 2.75) is 12.5 Å². The van der Waals surface area contributed by atoms with Crippen LogP contribution < -0.4 is 10.6 Å². The Bertz CT molecular complexity index is 614. The second-order valence-electron chi connectivity index (χ2n) is 4.79. The zero-order valence-electron chi connectivity index (χ0n) is 12.0. The smallest absolute Gasteiger partial charge is 0.313 e. The molecular weight excluding hydrogens is 280 g/mol. The van der Waals surface area contributed by atoms with Crippen molar-refractivity contribution in [2.24, 2.45) is 0 Å². The number of aliphatic hydroxyl groups is 1. The molecule has 0 fully saturated rings. The van der Waals surface area contributed by atoms with E-state index in [9.17, 15) is 14.7 Å². The highest BCUT2D eigenvalue weighted by Crippen LogP contribution is 2.14. The number of hydrogen-bond acceptors (Lipinski definition) is 3. The lowest BCUT2D eigenvalue weighted by Crippen LogP contribution is -2.36. The number of para-hydroxylation sites is 1. The van der Waals surface area contributed by atoms with Crippen molar-refractivity contribution >= 4 is 17.5 Å². The average Bonchev–Trinajstić information content (AvgIpc) is 2.56. The summed E-state index contributed by atoms with van der Waals surface area (Å²) < 4.78 is 0. The van der Waals surface area contributed by atoms with Crippen molar-refractivity contribution in [3.05, 3.63) is 66.2 Å². The summed E-state index contributed by atoms with van der Waals surface area (Å²) in [5, 5.41) is 14.9. The van der Waals surface area contributed by atoms with Crippen molar-refractivity contribution in [2.75, 3.05) is 11.9 Å². The van der Waals surface area contributed by atoms with Gasteiger partial charge in [-0.1, -0.05) is 48.5 Å². The van der Waals surface area contributed by atoms with E-state index in [1.165, 1.54) is 0 Å². The van der Waals surface area contributed by atoms with Gasteiger partial charge in [-0.15, -0.1) is 0 Å². The lowest BCUT2D eigenvalue weighted by Gasteiger charge is -2.11. The fourth-order valence-corrected chi connectivity index (χ4v) is 1.95. The molecule has 0 heterocycles. The Morgan fingerprint density at radius 1 is 0.909 bits per heavy atom. The van der Waals surface area contributed by atoms with Crippen LogP contribution in [0.3, 0.4) is 0 Å². The van der Waals surface area contributed by atoms with Gasteiger partial charge in [0.15, 0.2) is 0 Å². The molecule has 114 valence electrons. The Kier molecular flexibility index (Phi) is 5.68. The van der Waals surface area contributed by atoms with Crippen LogP contribution in [0.1, 0.15) is 18.1 Å². The van der Waals surface area contributed by atoms with E-state index in [2.05, 4.69) is 10.6 Å². The predicted molar refractivity (Wildman–Crippen MR) is 84.1 cm³/mol. The second kappa shape index (κ2) is 7.95. The Hall–Kier alpha value is -2.66. The second-order valence-corrected chi connectivity index (χ2v) is 4.79. The summed E-state index contributed by atoms with van der Waals surface area (Å²) in [4.78, 5) is 23.3. The molecule has 5 heteroatoms. The number of aliphatic hydroxyl groups excluding tert-OH is 1. The number of carbonyl (C=O) groups is 2. The van der Waals surface area contributed by atoms with Crippen LogP contribution in [0.25, 0.3) is 0 Å². The Balaban J connectivity index is 1.74. The summed E-state index contributed by atoms with van der Waals surface area (Å²) in [5.74, 6) is -1.44. The highest BCUT2D eigenvalue weighted by molar-refractivity contribution is 6.39. The predicted octanol–water partition coefficient (Wildman–Crippen LogP) is 1.86. The van der Waals surface area contributed by atoms with Gasteiger partial charge in [-0.3, -0.25) is 9.59 Å². The van der Waals surface area contributed by atoms with E-state index in [4.69, 9.17) is 0 Å². The number of nitrogens with one attached hydrogen (secondary N) is 2. The normalized spacial score (nSPS) is 11.5. The van der Waals surface area contributed by atoms with Crippen molar-refractivity contribution in [1.82, 2.24) is 5.32 Å². The van der Waals surface area contributed by atoms with E-state index in [-0.39, 0.29) is 6.54 Å². The van der Waals surface area contributed by atoms with Gasteiger partial charge in [0.1, 0.15) is 0 Å². The molecule has 0 saturated carbocycles. The molecule has 2 amide bonds. The quantitative estimate of drug-likeness (QED) is 0.737. The van der Waals surface area contributed by atoms with E-state index in [0.29, 0.717) is 12.1 Å². The molecule has 0 aromatic heterocycles. The van der Waals surface area contributed by atoms with Crippen LogP contribution in [0, 0.1) is 0 Å². The molecule has 0 aliphatic carbocycles. The van der Waals surface area contributed by atoms with Gasteiger partial charge in [-0.05, 0) is 24.1 Å². The summed E-state index contributed by atoms with van der Waals surface area (Å²) in [6.07, 6.45) is -0.326. The van der Waals surface area contributed by atoms with Crippen molar-refractivity contribution < 1.29 is 14.7 Å². The maximum Gasteiger partial charge on any atom is 0.313 e. The number of amides is 2. The minimum absolute atomic E-state index is 0.219. The van der Waals surface area contributed by atoms with E-state index in [1.807, 2.05) is 36.4 Å². The van der Waals surface area contributed by atoms with Crippen molar-refractivity contribution in [1.29, 1.82) is 0 Å². The molecule has 0 radical (unpaired) electrons. The highest BCUT2D eigenvalue weighted by atomic mass is 16.3. The third-order valence-corrected chi connectivity index (χ3v) is 3.13. The van der Waals surface area contributed by atoms with Gasteiger partial charge < -0.3 is 15.7 Å². The molecule has 1 atom stereocenters. The average molecular weight is 298 g/mol. The molecule has 2 aromatic rings. The SMILES string of the molecule is O=C(NCCC(O)c1ccccc1)C(=O)Nc1ccccc1. The molecule has 2 aromatic carbocycles. The standard InChI is InChI=1S/C17H18N2O3/c20-15(13-7-3-1-4-8-13)11-12-18-16(21)17(22)19-14-9-5-2-6-10-14/h1-10,15,20H,11-12H2,(H,18,21)(H,19,22). The minimum Gasteiger partial charge on any atom is -0.388 e. The zero-order valence-corrected chi connectivity index (χ0v) is 12.0. The molecule has 0 aliphatic heterocycles. The van der Waals surface area contributed by atoms with Gasteiger partial charge in [0, 0.05) is 12.2 Å². The summed E-state index contributed by atoms with van der Waals surface area (Å²) in [6.45, 7) is 0.219. The maximum absolute atomic E-state index is 11.7. The third-order valence-electron chi connectivity index (χ3n) is 3.13. The van der Waals surface area contributed by atoms with Gasteiger partial charge >= 0.3 is 11.8 Å². The maximum atomic E-state index is 11.7. The molecule has 1 unspecified atom stereocenters. The van der Waals surface area contributed by atoms with Crippen LogP contribution in [0.4, 0.5) is 5.69 Å². The van der Waals surface area contributed by atoms with Gasteiger partial charge in [0.05, 0.1) is 6.10 Å². The van der Waals surface area contributed by atoms with Gasteiger partial charge in [0.25, 0.3) is 0 Å². The van der Waals surface area contributed by atoms with Crippen LogP contribution in [0.2, 0.25) is 0 Å². The van der Waals surface area contributed by atoms with E-state index in [0.717, 1.165) is 5.56 Å². The molecule has 2 rings (SSSR count). The topological polar surface area (TPSA) is 78.4 Å². The first-order valence-electron chi connectivity index (χ1n) is 7.04. The summed E-state index contributed by atoms with van der Waals surface area (Å²) in [5.41, 5.74) is 1.34. The molecule has 5 nitrogen and oxygen atoms in total. The first-order valence-corrected chi connectivity index (χ1v) is 7.04. The summed E-state index contributed by atoms with van der Waals surface area (Å²) >= 11 is 0. The lowest BCUT2D eigenvalue weighted by molar-refractivity contribution is -0.136. The van der Waals surface area contributed by atoms with Crippen LogP contribution >= 0.6 is 0 Å². The number of anilines is 1. The Labute approximate surface area is 129 Å². The van der Waals surface area contributed by atoms with Gasteiger partial charge in [0.2, 0.25) is 0 Å². The minimum atomic E-state index is -0.722. The number of benzene rings is 2. The largest absolute Gasteiger partial charge is 0.388 e. The Morgan fingerprint density at radius 2 is 1.50 bits per heavy atom. The first-order chi connectivity index (χ1) is 10.7. The van der Waals surface area contributed by atoms with Crippen LogP contribution in [0.15, 0.2) is 60.7 Å². The first kappa shape index (κ1) is 15.7. The summed E-state index contributed by atoms with van der Waals surface area (Å²) in [6, 6.07) is 17.9. The van der Waals surface area contributed by atoms with Gasteiger partial charge in [-0.25, -0.2) is 0 Å². The molecule has 0 aliphatic rings. The van der Waals surface area contributed by atoms with Crippen molar-refractivity contribution in [3.8, 4) is 0 Å². The third kappa shape index (κ3) is 4.71. The highest BCUT2D eigenvalue weighted by Gasteiger charge is 2.14. The monoisotopic (exact) mass is 298 g/mol. The molecule has 0 saturated heterocycles. The number of rotatable bonds is 5. The Morgan fingerprint density at radius 3 is 2.14 bits per heavy atom. The molecule has 0 spiro atoms. The molecule has 0 bridgehead atoms. The van der Waals surface area contributed by atoms with E-state index < -0.39 is 17.9 Å². The zero-order chi connectivity index (χ0) is 15.8. The van der Waals surface area contributed by atoms with Gasteiger partial charge in [-0.2, -0.15) is 0 Å².